The van der Waals surface area contributed by atoms with Crippen LogP contribution in [0, 0.1) is 11.3 Å². The summed E-state index contributed by atoms with van der Waals surface area (Å²) >= 11 is 5.94. The first kappa shape index (κ1) is 11.5. The molecular weight excluding hydrogens is 236 g/mol. The number of aromatic nitrogens is 2. The van der Waals surface area contributed by atoms with Gasteiger partial charge in [0, 0.05) is 25.4 Å². The van der Waals surface area contributed by atoms with E-state index in [-0.39, 0.29) is 0 Å². The quantitative estimate of drug-likeness (QED) is 0.906. The minimum absolute atomic E-state index is 0.462. The molecule has 0 bridgehead atoms. The van der Waals surface area contributed by atoms with Crippen LogP contribution >= 0.6 is 11.6 Å². The van der Waals surface area contributed by atoms with Crippen molar-refractivity contribution in [1.82, 2.24) is 9.78 Å². The topological polar surface area (TPSA) is 53.6 Å². The fourth-order valence-corrected chi connectivity index (χ4v) is 1.76. The second-order valence-electron chi connectivity index (χ2n) is 3.65. The number of hydrogen-bond donors (Lipinski definition) is 1. The van der Waals surface area contributed by atoms with E-state index in [4.69, 9.17) is 16.9 Å². The molecule has 0 aliphatic rings. The van der Waals surface area contributed by atoms with Crippen LogP contribution in [-0.2, 0) is 13.6 Å². The first-order chi connectivity index (χ1) is 8.20. The van der Waals surface area contributed by atoms with E-state index in [0.29, 0.717) is 17.1 Å². The smallest absolute Gasteiger partial charge is 0.103 e. The number of nitriles is 1. The molecule has 0 saturated heterocycles. The highest BCUT2D eigenvalue weighted by Crippen LogP contribution is 2.23. The van der Waals surface area contributed by atoms with Gasteiger partial charge in [-0.1, -0.05) is 17.7 Å². The monoisotopic (exact) mass is 246 g/mol. The Balaban J connectivity index is 2.14. The van der Waals surface area contributed by atoms with Gasteiger partial charge in [0.15, 0.2) is 0 Å². The van der Waals surface area contributed by atoms with E-state index in [2.05, 4.69) is 16.5 Å². The summed E-state index contributed by atoms with van der Waals surface area (Å²) in [5, 5.41) is 16.7. The maximum Gasteiger partial charge on any atom is 0.103 e. The Kier molecular flexibility index (Phi) is 3.31. The van der Waals surface area contributed by atoms with Crippen molar-refractivity contribution in [2.45, 2.75) is 6.54 Å². The number of hydrogen-bond acceptors (Lipinski definition) is 3. The second kappa shape index (κ2) is 4.89. The minimum Gasteiger partial charge on any atom is -0.380 e. The summed E-state index contributed by atoms with van der Waals surface area (Å²) in [6, 6.07) is 7.44. The fraction of sp³-hybridized carbons (Fsp3) is 0.167. The largest absolute Gasteiger partial charge is 0.380 e. The van der Waals surface area contributed by atoms with Gasteiger partial charge < -0.3 is 5.32 Å². The zero-order valence-electron chi connectivity index (χ0n) is 9.31. The Labute approximate surface area is 104 Å². The molecule has 0 radical (unpaired) electrons. The van der Waals surface area contributed by atoms with Crippen molar-refractivity contribution in [3.05, 3.63) is 46.7 Å². The van der Waals surface area contributed by atoms with Crippen molar-refractivity contribution >= 4 is 17.3 Å². The molecule has 1 N–H and O–H groups in total. The van der Waals surface area contributed by atoms with Gasteiger partial charge in [-0.2, -0.15) is 10.4 Å². The predicted octanol–water partition coefficient (Wildman–Crippen LogP) is 2.56. The molecule has 0 fully saturated rings. The molecular formula is C12H11ClN4. The van der Waals surface area contributed by atoms with Crippen molar-refractivity contribution < 1.29 is 0 Å². The fourth-order valence-electron chi connectivity index (χ4n) is 1.55. The third-order valence-corrected chi connectivity index (χ3v) is 2.68. The van der Waals surface area contributed by atoms with Gasteiger partial charge in [-0.3, -0.25) is 4.68 Å². The highest BCUT2D eigenvalue weighted by molar-refractivity contribution is 6.32. The van der Waals surface area contributed by atoms with Crippen molar-refractivity contribution in [1.29, 1.82) is 5.26 Å². The SMILES string of the molecule is Cn1cc(CNc2cccc(Cl)c2C#N)cn1. The van der Waals surface area contributed by atoms with Crippen molar-refractivity contribution in [2.75, 3.05) is 5.32 Å². The first-order valence-electron chi connectivity index (χ1n) is 5.10. The zero-order valence-corrected chi connectivity index (χ0v) is 10.1. The molecule has 0 amide bonds. The molecule has 4 nitrogen and oxygen atoms in total. The van der Waals surface area contributed by atoms with Crippen LogP contribution in [0.2, 0.25) is 5.02 Å². The number of nitrogens with one attached hydrogen (secondary N) is 1. The van der Waals surface area contributed by atoms with Gasteiger partial charge in [-0.05, 0) is 12.1 Å². The molecule has 0 aliphatic carbocycles. The lowest BCUT2D eigenvalue weighted by molar-refractivity contribution is 0.767. The summed E-state index contributed by atoms with van der Waals surface area (Å²) in [4.78, 5) is 0. The maximum atomic E-state index is 9.01. The molecule has 0 atom stereocenters. The van der Waals surface area contributed by atoms with Crippen LogP contribution in [0.5, 0.6) is 0 Å². The van der Waals surface area contributed by atoms with Crippen LogP contribution in [0.15, 0.2) is 30.6 Å². The van der Waals surface area contributed by atoms with Crippen molar-refractivity contribution in [2.24, 2.45) is 7.05 Å². The zero-order chi connectivity index (χ0) is 12.3. The Morgan fingerprint density at radius 2 is 2.35 bits per heavy atom. The molecule has 1 heterocycles. The predicted molar refractivity (Wildman–Crippen MR) is 66.7 cm³/mol. The Hall–Kier alpha value is -1.99. The van der Waals surface area contributed by atoms with Gasteiger partial charge in [-0.15, -0.1) is 0 Å². The number of rotatable bonds is 3. The lowest BCUT2D eigenvalue weighted by Gasteiger charge is -2.07. The summed E-state index contributed by atoms with van der Waals surface area (Å²) in [5.74, 6) is 0. The van der Waals surface area contributed by atoms with Crippen LogP contribution in [0.3, 0.4) is 0 Å². The lowest BCUT2D eigenvalue weighted by atomic mass is 10.2. The van der Waals surface area contributed by atoms with Crippen LogP contribution in [0.1, 0.15) is 11.1 Å². The summed E-state index contributed by atoms with van der Waals surface area (Å²) in [5.41, 5.74) is 2.26. The van der Waals surface area contributed by atoms with E-state index in [1.165, 1.54) is 0 Å². The standard InChI is InChI=1S/C12H11ClN4/c1-17-8-9(7-16-17)6-15-12-4-2-3-11(13)10(12)5-14/h2-4,7-8,15H,6H2,1H3. The first-order valence-corrected chi connectivity index (χ1v) is 5.48. The molecule has 0 saturated carbocycles. The molecule has 2 rings (SSSR count). The third kappa shape index (κ3) is 2.58. The van der Waals surface area contributed by atoms with Crippen LogP contribution in [0.25, 0.3) is 0 Å². The summed E-state index contributed by atoms with van der Waals surface area (Å²) in [6.07, 6.45) is 3.70. The lowest BCUT2D eigenvalue weighted by Crippen LogP contribution is -2.00. The van der Waals surface area contributed by atoms with Gasteiger partial charge in [0.2, 0.25) is 0 Å². The molecule has 0 spiro atoms. The summed E-state index contributed by atoms with van der Waals surface area (Å²) in [6.45, 7) is 0.614. The van der Waals surface area contributed by atoms with Crippen molar-refractivity contribution in [3.63, 3.8) is 0 Å². The highest BCUT2D eigenvalue weighted by Gasteiger charge is 2.05. The average molecular weight is 247 g/mol. The van der Waals surface area contributed by atoms with Gasteiger partial charge >= 0.3 is 0 Å². The summed E-state index contributed by atoms with van der Waals surface area (Å²) in [7, 11) is 1.86. The molecule has 2 aromatic rings. The number of nitrogens with zero attached hydrogens (tertiary/aromatic N) is 3. The average Bonchev–Trinajstić information content (AvgIpc) is 2.72. The molecule has 0 aliphatic heterocycles. The minimum atomic E-state index is 0.462. The molecule has 1 aromatic heterocycles. The van der Waals surface area contributed by atoms with Gasteiger partial charge in [-0.25, -0.2) is 0 Å². The van der Waals surface area contributed by atoms with Crippen LogP contribution in [-0.4, -0.2) is 9.78 Å². The van der Waals surface area contributed by atoms with Gasteiger partial charge in [0.05, 0.1) is 22.5 Å². The van der Waals surface area contributed by atoms with E-state index in [1.807, 2.05) is 25.4 Å². The van der Waals surface area contributed by atoms with Gasteiger partial charge in [0.1, 0.15) is 6.07 Å². The number of halogens is 1. The molecule has 0 unspecified atom stereocenters. The Bertz CT molecular complexity index is 568. The Morgan fingerprint density at radius 1 is 1.53 bits per heavy atom. The second-order valence-corrected chi connectivity index (χ2v) is 4.06. The van der Waals surface area contributed by atoms with Crippen LogP contribution < -0.4 is 5.32 Å². The molecule has 86 valence electrons. The van der Waals surface area contributed by atoms with Crippen molar-refractivity contribution in [3.8, 4) is 6.07 Å². The third-order valence-electron chi connectivity index (χ3n) is 2.37. The van der Waals surface area contributed by atoms with E-state index >= 15 is 0 Å². The maximum absolute atomic E-state index is 9.01. The van der Waals surface area contributed by atoms with E-state index < -0.39 is 0 Å². The van der Waals surface area contributed by atoms with Gasteiger partial charge in [0.25, 0.3) is 0 Å². The summed E-state index contributed by atoms with van der Waals surface area (Å²) < 4.78 is 1.74. The molecule has 1 aromatic carbocycles. The van der Waals surface area contributed by atoms with E-state index in [1.54, 1.807) is 16.9 Å². The number of anilines is 1. The normalized spacial score (nSPS) is 9.94. The molecule has 5 heteroatoms. The number of benzene rings is 1. The highest BCUT2D eigenvalue weighted by atomic mass is 35.5. The number of aryl methyl sites for hydroxylation is 1. The Morgan fingerprint density at radius 3 is 3.00 bits per heavy atom. The van der Waals surface area contributed by atoms with Crippen LogP contribution in [0.4, 0.5) is 5.69 Å². The van der Waals surface area contributed by atoms with E-state index in [9.17, 15) is 0 Å². The molecule has 17 heavy (non-hydrogen) atoms. The van der Waals surface area contributed by atoms with E-state index in [0.717, 1.165) is 11.3 Å².